The van der Waals surface area contributed by atoms with Crippen molar-refractivity contribution in [3.05, 3.63) is 60.4 Å². The Bertz CT molecular complexity index is 1090. The summed E-state index contributed by atoms with van der Waals surface area (Å²) in [7, 11) is 0. The number of aliphatic hydroxyl groups excluding tert-OH is 1. The second kappa shape index (κ2) is 8.82. The maximum atomic E-state index is 13.7. The SMILES string of the molecule is CC(C)(C)c1nc(-c2ccncc2)c(-c2ccc(F)cc2)n1CC[C@H]1C[C@@H](O)CC(=O)O1. The van der Waals surface area contributed by atoms with Crippen molar-refractivity contribution in [2.24, 2.45) is 0 Å². The molecule has 168 valence electrons. The molecule has 1 fully saturated rings. The number of pyridine rings is 1. The lowest BCUT2D eigenvalue weighted by atomic mass is 9.95. The van der Waals surface area contributed by atoms with Crippen LogP contribution in [0.3, 0.4) is 0 Å². The summed E-state index contributed by atoms with van der Waals surface area (Å²) in [5.74, 6) is 0.211. The van der Waals surface area contributed by atoms with E-state index in [0.29, 0.717) is 19.4 Å². The lowest BCUT2D eigenvalue weighted by molar-refractivity contribution is -0.160. The Morgan fingerprint density at radius 3 is 2.44 bits per heavy atom. The third-order valence-corrected chi connectivity index (χ3v) is 5.62. The zero-order valence-electron chi connectivity index (χ0n) is 18.6. The minimum Gasteiger partial charge on any atom is -0.462 e. The van der Waals surface area contributed by atoms with Crippen molar-refractivity contribution in [1.29, 1.82) is 0 Å². The number of nitrogens with zero attached hydrogens (tertiary/aromatic N) is 3. The topological polar surface area (TPSA) is 77.2 Å². The molecule has 6 nitrogen and oxygen atoms in total. The number of hydrogen-bond donors (Lipinski definition) is 1. The van der Waals surface area contributed by atoms with Gasteiger partial charge in [0.25, 0.3) is 0 Å². The normalized spacial score (nSPS) is 19.1. The summed E-state index contributed by atoms with van der Waals surface area (Å²) in [6.07, 6.45) is 3.44. The molecule has 0 bridgehead atoms. The molecule has 1 saturated heterocycles. The van der Waals surface area contributed by atoms with Gasteiger partial charge >= 0.3 is 5.97 Å². The van der Waals surface area contributed by atoms with Crippen molar-refractivity contribution < 1.29 is 19.0 Å². The van der Waals surface area contributed by atoms with Gasteiger partial charge in [-0.1, -0.05) is 20.8 Å². The molecule has 3 heterocycles. The predicted octanol–water partition coefficient (Wildman–Crippen LogP) is 4.51. The summed E-state index contributed by atoms with van der Waals surface area (Å²) >= 11 is 0. The van der Waals surface area contributed by atoms with Crippen molar-refractivity contribution in [2.75, 3.05) is 0 Å². The summed E-state index contributed by atoms with van der Waals surface area (Å²) in [5.41, 5.74) is 3.18. The second-order valence-electron chi connectivity index (χ2n) is 9.27. The summed E-state index contributed by atoms with van der Waals surface area (Å²) < 4.78 is 21.3. The van der Waals surface area contributed by atoms with E-state index in [0.717, 1.165) is 28.3 Å². The van der Waals surface area contributed by atoms with Gasteiger partial charge in [-0.3, -0.25) is 9.78 Å². The van der Waals surface area contributed by atoms with E-state index in [1.165, 1.54) is 12.1 Å². The molecule has 0 aliphatic carbocycles. The van der Waals surface area contributed by atoms with Gasteiger partial charge in [-0.05, 0) is 36.4 Å². The highest BCUT2D eigenvalue weighted by Crippen LogP contribution is 2.37. The van der Waals surface area contributed by atoms with Gasteiger partial charge in [-0.25, -0.2) is 9.37 Å². The summed E-state index contributed by atoms with van der Waals surface area (Å²) in [5, 5.41) is 9.98. The number of rotatable bonds is 5. The van der Waals surface area contributed by atoms with E-state index in [-0.39, 0.29) is 29.7 Å². The van der Waals surface area contributed by atoms with Crippen molar-refractivity contribution in [2.45, 2.75) is 64.2 Å². The molecule has 2 atom stereocenters. The highest BCUT2D eigenvalue weighted by molar-refractivity contribution is 5.79. The molecule has 0 amide bonds. The van der Waals surface area contributed by atoms with E-state index in [9.17, 15) is 14.3 Å². The average molecular weight is 438 g/mol. The van der Waals surface area contributed by atoms with Crippen molar-refractivity contribution in [3.8, 4) is 22.5 Å². The molecule has 0 spiro atoms. The van der Waals surface area contributed by atoms with Crippen LogP contribution in [0.1, 0.15) is 45.9 Å². The van der Waals surface area contributed by atoms with Crippen LogP contribution in [0.4, 0.5) is 4.39 Å². The quantitative estimate of drug-likeness (QED) is 0.595. The van der Waals surface area contributed by atoms with Gasteiger partial charge in [-0.15, -0.1) is 0 Å². The Labute approximate surface area is 187 Å². The number of ether oxygens (including phenoxy) is 1. The first-order valence-corrected chi connectivity index (χ1v) is 10.9. The number of aromatic nitrogens is 3. The van der Waals surface area contributed by atoms with Crippen LogP contribution in [0.25, 0.3) is 22.5 Å². The van der Waals surface area contributed by atoms with Crippen LogP contribution in [-0.2, 0) is 21.5 Å². The number of cyclic esters (lactones) is 1. The lowest BCUT2D eigenvalue weighted by Crippen LogP contribution is -2.33. The number of carbonyl (C=O) groups is 1. The van der Waals surface area contributed by atoms with Gasteiger partial charge < -0.3 is 14.4 Å². The summed E-state index contributed by atoms with van der Waals surface area (Å²) in [4.78, 5) is 20.9. The minimum atomic E-state index is -0.671. The fraction of sp³-hybridized carbons (Fsp3) is 0.400. The Hall–Kier alpha value is -3.06. The molecule has 0 saturated carbocycles. The van der Waals surface area contributed by atoms with Gasteiger partial charge in [0.15, 0.2) is 0 Å². The van der Waals surface area contributed by atoms with E-state index >= 15 is 0 Å². The van der Waals surface area contributed by atoms with Gasteiger partial charge in [-0.2, -0.15) is 0 Å². The molecule has 1 aromatic carbocycles. The summed E-state index contributed by atoms with van der Waals surface area (Å²) in [6.45, 7) is 6.84. The number of halogens is 1. The molecule has 7 heteroatoms. The predicted molar refractivity (Wildman–Crippen MR) is 119 cm³/mol. The van der Waals surface area contributed by atoms with Gasteiger partial charge in [0, 0.05) is 48.3 Å². The third-order valence-electron chi connectivity index (χ3n) is 5.62. The van der Waals surface area contributed by atoms with Crippen molar-refractivity contribution in [3.63, 3.8) is 0 Å². The number of esters is 1. The largest absolute Gasteiger partial charge is 0.462 e. The van der Waals surface area contributed by atoms with Crippen LogP contribution >= 0.6 is 0 Å². The van der Waals surface area contributed by atoms with E-state index < -0.39 is 6.10 Å². The molecule has 1 N–H and O–H groups in total. The van der Waals surface area contributed by atoms with Crippen LogP contribution in [0, 0.1) is 5.82 Å². The highest BCUT2D eigenvalue weighted by atomic mass is 19.1. The number of aliphatic hydroxyl groups is 1. The van der Waals surface area contributed by atoms with Crippen LogP contribution in [-0.4, -0.2) is 37.8 Å². The fourth-order valence-electron chi connectivity index (χ4n) is 4.17. The maximum Gasteiger partial charge on any atom is 0.308 e. The van der Waals surface area contributed by atoms with Crippen LogP contribution in [0.15, 0.2) is 48.8 Å². The molecule has 1 aliphatic heterocycles. The molecule has 0 unspecified atom stereocenters. The highest BCUT2D eigenvalue weighted by Gasteiger charge is 2.30. The Balaban J connectivity index is 1.81. The first-order chi connectivity index (χ1) is 15.2. The Kier molecular flexibility index (Phi) is 6.11. The molecule has 0 radical (unpaired) electrons. The molecular weight excluding hydrogens is 409 g/mol. The number of carbonyl (C=O) groups excluding carboxylic acids is 1. The first kappa shape index (κ1) is 22.1. The second-order valence-corrected chi connectivity index (χ2v) is 9.27. The number of imidazole rings is 1. The van der Waals surface area contributed by atoms with Gasteiger partial charge in [0.05, 0.1) is 23.9 Å². The van der Waals surface area contributed by atoms with Gasteiger partial charge in [0.1, 0.15) is 17.7 Å². The monoisotopic (exact) mass is 437 g/mol. The number of benzene rings is 1. The zero-order chi connectivity index (χ0) is 22.9. The van der Waals surface area contributed by atoms with Crippen LogP contribution in [0.5, 0.6) is 0 Å². The number of hydrogen-bond acceptors (Lipinski definition) is 5. The van der Waals surface area contributed by atoms with Crippen molar-refractivity contribution >= 4 is 5.97 Å². The lowest BCUT2D eigenvalue weighted by Gasteiger charge is -2.27. The molecule has 2 aromatic heterocycles. The standard InChI is InChI=1S/C25H28FN3O3/c1-25(2,3)24-28-22(16-8-11-27-12-9-16)23(17-4-6-18(26)7-5-17)29(24)13-10-20-14-19(30)15-21(31)32-20/h4-9,11-12,19-20,30H,10,13-15H2,1-3H3/t19-,20+/m1/s1. The van der Waals surface area contributed by atoms with E-state index in [2.05, 4.69) is 30.3 Å². The third kappa shape index (κ3) is 4.72. The Morgan fingerprint density at radius 2 is 1.81 bits per heavy atom. The first-order valence-electron chi connectivity index (χ1n) is 10.9. The summed E-state index contributed by atoms with van der Waals surface area (Å²) in [6, 6.07) is 10.2. The van der Waals surface area contributed by atoms with Crippen molar-refractivity contribution in [1.82, 2.24) is 14.5 Å². The zero-order valence-corrected chi connectivity index (χ0v) is 18.6. The van der Waals surface area contributed by atoms with Crippen LogP contribution < -0.4 is 0 Å². The van der Waals surface area contributed by atoms with Gasteiger partial charge in [0.2, 0.25) is 0 Å². The Morgan fingerprint density at radius 1 is 1.12 bits per heavy atom. The van der Waals surface area contributed by atoms with E-state index in [1.807, 2.05) is 12.1 Å². The molecule has 4 rings (SSSR count). The molecular formula is C25H28FN3O3. The van der Waals surface area contributed by atoms with E-state index in [4.69, 9.17) is 9.72 Å². The maximum absolute atomic E-state index is 13.7. The molecule has 1 aliphatic rings. The average Bonchev–Trinajstić information content (AvgIpc) is 3.13. The minimum absolute atomic E-state index is 0.0435. The van der Waals surface area contributed by atoms with E-state index in [1.54, 1.807) is 24.5 Å². The molecule has 3 aromatic rings. The smallest absolute Gasteiger partial charge is 0.308 e. The molecule has 32 heavy (non-hydrogen) atoms. The fourth-order valence-corrected chi connectivity index (χ4v) is 4.17. The van der Waals surface area contributed by atoms with Crippen LogP contribution in [0.2, 0.25) is 0 Å².